The number of rotatable bonds is 6. The van der Waals surface area contributed by atoms with Crippen LogP contribution in [0.15, 0.2) is 28.5 Å². The zero-order chi connectivity index (χ0) is 15.2. The van der Waals surface area contributed by atoms with E-state index in [1.807, 2.05) is 12.4 Å². The first kappa shape index (κ1) is 15.5. The van der Waals surface area contributed by atoms with Crippen LogP contribution >= 0.6 is 11.8 Å². The number of aromatic nitrogens is 4. The van der Waals surface area contributed by atoms with Crippen LogP contribution in [0.25, 0.3) is 0 Å². The van der Waals surface area contributed by atoms with Crippen LogP contribution < -0.4 is 10.3 Å². The van der Waals surface area contributed by atoms with E-state index in [4.69, 9.17) is 4.74 Å². The summed E-state index contributed by atoms with van der Waals surface area (Å²) in [5, 5.41) is 0.661. The third-order valence-electron chi connectivity index (χ3n) is 2.70. The van der Waals surface area contributed by atoms with Gasteiger partial charge in [0.05, 0.1) is 19.0 Å². The van der Waals surface area contributed by atoms with Crippen molar-refractivity contribution in [1.29, 1.82) is 0 Å². The molecule has 2 rings (SSSR count). The van der Waals surface area contributed by atoms with Crippen LogP contribution in [0.5, 0.6) is 5.88 Å². The molecular weight excluding hydrogens is 288 g/mol. The van der Waals surface area contributed by atoms with Gasteiger partial charge >= 0.3 is 0 Å². The average molecular weight is 306 g/mol. The third kappa shape index (κ3) is 4.56. The number of hydrogen-bond donors (Lipinski definition) is 1. The highest BCUT2D eigenvalue weighted by atomic mass is 32.2. The molecule has 0 aromatic carbocycles. The molecule has 2 aromatic rings. The summed E-state index contributed by atoms with van der Waals surface area (Å²) in [5.41, 5.74) is 1.51. The maximum absolute atomic E-state index is 11.3. The van der Waals surface area contributed by atoms with Crippen LogP contribution in [-0.2, 0) is 12.2 Å². The number of methoxy groups -OCH3 is 1. The van der Waals surface area contributed by atoms with Crippen LogP contribution in [0.2, 0.25) is 0 Å². The lowest BCUT2D eigenvalue weighted by atomic mass is 10.1. The van der Waals surface area contributed by atoms with Gasteiger partial charge in [-0.15, -0.1) is 0 Å². The van der Waals surface area contributed by atoms with Crippen LogP contribution in [0, 0.1) is 5.92 Å². The van der Waals surface area contributed by atoms with E-state index in [1.54, 1.807) is 0 Å². The molecule has 0 aliphatic heterocycles. The molecule has 2 aromatic heterocycles. The van der Waals surface area contributed by atoms with Gasteiger partial charge in [0.15, 0.2) is 5.16 Å². The van der Waals surface area contributed by atoms with Gasteiger partial charge in [0.2, 0.25) is 5.88 Å². The van der Waals surface area contributed by atoms with Crippen molar-refractivity contribution in [3.63, 3.8) is 0 Å². The van der Waals surface area contributed by atoms with Crippen molar-refractivity contribution in [2.75, 3.05) is 7.11 Å². The lowest BCUT2D eigenvalue weighted by Gasteiger charge is -2.06. The molecule has 2 heterocycles. The monoisotopic (exact) mass is 306 g/mol. The molecule has 1 N–H and O–H groups in total. The minimum Gasteiger partial charge on any atom is -0.480 e. The standard InChI is InChI=1S/C14H18N4O2S/c1-9(2)4-10-5-16-14(17-6-10)21-8-11-13(20-3)15-7-12(19)18-11/h5-7,9H,4,8H2,1-3H3,(H,18,19). The number of aromatic amines is 1. The van der Waals surface area contributed by atoms with Gasteiger partial charge in [0.25, 0.3) is 5.56 Å². The molecule has 0 saturated carbocycles. The fourth-order valence-corrected chi connectivity index (χ4v) is 2.56. The first-order chi connectivity index (χ1) is 10.1. The molecule has 0 radical (unpaired) electrons. The number of nitrogens with one attached hydrogen (secondary N) is 1. The fourth-order valence-electron chi connectivity index (χ4n) is 1.83. The highest BCUT2D eigenvalue weighted by Crippen LogP contribution is 2.21. The van der Waals surface area contributed by atoms with E-state index >= 15 is 0 Å². The molecule has 0 spiro atoms. The van der Waals surface area contributed by atoms with Crippen molar-refractivity contribution >= 4 is 11.8 Å². The summed E-state index contributed by atoms with van der Waals surface area (Å²) in [6.45, 7) is 4.32. The van der Waals surface area contributed by atoms with E-state index in [9.17, 15) is 4.79 Å². The SMILES string of the molecule is COc1ncc(=O)[nH]c1CSc1ncc(CC(C)C)cn1. The molecule has 7 heteroatoms. The van der Waals surface area contributed by atoms with E-state index in [1.165, 1.54) is 25.1 Å². The zero-order valence-electron chi connectivity index (χ0n) is 12.3. The fraction of sp³-hybridized carbons (Fsp3) is 0.429. The van der Waals surface area contributed by atoms with Gasteiger partial charge in [-0.25, -0.2) is 15.0 Å². The smallest absolute Gasteiger partial charge is 0.266 e. The lowest BCUT2D eigenvalue weighted by molar-refractivity contribution is 0.390. The van der Waals surface area contributed by atoms with Crippen LogP contribution in [0.3, 0.4) is 0 Å². The van der Waals surface area contributed by atoms with Gasteiger partial charge in [-0.2, -0.15) is 0 Å². The molecule has 0 atom stereocenters. The molecule has 0 bridgehead atoms. The van der Waals surface area contributed by atoms with Crippen molar-refractivity contribution in [3.8, 4) is 5.88 Å². The van der Waals surface area contributed by atoms with Gasteiger partial charge in [-0.05, 0) is 17.9 Å². The molecular formula is C14H18N4O2S. The summed E-state index contributed by atoms with van der Waals surface area (Å²) < 4.78 is 5.12. The summed E-state index contributed by atoms with van der Waals surface area (Å²) in [6, 6.07) is 0. The minimum absolute atomic E-state index is 0.250. The Hall–Kier alpha value is -1.89. The Bertz CT molecular complexity index is 640. The molecule has 0 saturated heterocycles. The van der Waals surface area contributed by atoms with Crippen LogP contribution in [0.1, 0.15) is 25.1 Å². The highest BCUT2D eigenvalue weighted by Gasteiger charge is 2.08. The Balaban J connectivity index is 2.03. The molecule has 112 valence electrons. The molecule has 0 aliphatic rings. The zero-order valence-corrected chi connectivity index (χ0v) is 13.1. The Labute approximate surface area is 127 Å². The summed E-state index contributed by atoms with van der Waals surface area (Å²) in [4.78, 5) is 26.6. The Morgan fingerprint density at radius 3 is 2.57 bits per heavy atom. The normalized spacial score (nSPS) is 10.9. The van der Waals surface area contributed by atoms with Crippen molar-refractivity contribution in [2.45, 2.75) is 31.2 Å². The maximum Gasteiger partial charge on any atom is 0.266 e. The van der Waals surface area contributed by atoms with Gasteiger partial charge in [0.1, 0.15) is 0 Å². The van der Waals surface area contributed by atoms with E-state index in [0.717, 1.165) is 12.0 Å². The molecule has 0 fully saturated rings. The minimum atomic E-state index is -0.250. The van der Waals surface area contributed by atoms with Crippen molar-refractivity contribution in [3.05, 3.63) is 40.2 Å². The second kappa shape index (κ2) is 7.21. The quantitative estimate of drug-likeness (QED) is 0.650. The topological polar surface area (TPSA) is 80.8 Å². The molecule has 6 nitrogen and oxygen atoms in total. The van der Waals surface area contributed by atoms with E-state index in [-0.39, 0.29) is 5.56 Å². The summed E-state index contributed by atoms with van der Waals surface area (Å²) in [6.07, 6.45) is 5.86. The Kier molecular flexibility index (Phi) is 5.32. The lowest BCUT2D eigenvalue weighted by Crippen LogP contribution is -2.10. The number of nitrogens with zero attached hydrogens (tertiary/aromatic N) is 3. The van der Waals surface area contributed by atoms with Gasteiger partial charge < -0.3 is 9.72 Å². The molecule has 21 heavy (non-hydrogen) atoms. The van der Waals surface area contributed by atoms with Gasteiger partial charge in [0, 0.05) is 18.1 Å². The third-order valence-corrected chi connectivity index (χ3v) is 3.60. The molecule has 0 aliphatic carbocycles. The summed E-state index contributed by atoms with van der Waals surface area (Å²) in [5.74, 6) is 1.49. The first-order valence-electron chi connectivity index (χ1n) is 6.64. The largest absolute Gasteiger partial charge is 0.480 e. The van der Waals surface area contributed by atoms with E-state index in [2.05, 4.69) is 33.8 Å². The molecule has 0 amide bonds. The predicted octanol–water partition coefficient (Wildman–Crippen LogP) is 2.06. The molecule has 0 unspecified atom stereocenters. The van der Waals surface area contributed by atoms with Crippen LogP contribution in [0.4, 0.5) is 0 Å². The summed E-state index contributed by atoms with van der Waals surface area (Å²) in [7, 11) is 1.52. The van der Waals surface area contributed by atoms with Crippen molar-refractivity contribution in [1.82, 2.24) is 19.9 Å². The second-order valence-corrected chi connectivity index (χ2v) is 5.94. The number of H-pyrrole nitrogens is 1. The highest BCUT2D eigenvalue weighted by molar-refractivity contribution is 7.98. The van der Waals surface area contributed by atoms with Gasteiger partial charge in [-0.1, -0.05) is 25.6 Å². The van der Waals surface area contributed by atoms with Crippen molar-refractivity contribution in [2.24, 2.45) is 5.92 Å². The Morgan fingerprint density at radius 2 is 1.95 bits per heavy atom. The predicted molar refractivity (Wildman–Crippen MR) is 81.5 cm³/mol. The van der Waals surface area contributed by atoms with E-state index < -0.39 is 0 Å². The van der Waals surface area contributed by atoms with E-state index in [0.29, 0.717) is 28.4 Å². The second-order valence-electron chi connectivity index (χ2n) is 5.00. The number of ether oxygens (including phenoxy) is 1. The average Bonchev–Trinajstić information content (AvgIpc) is 2.46. The summed E-state index contributed by atoms with van der Waals surface area (Å²) >= 11 is 1.43. The number of hydrogen-bond acceptors (Lipinski definition) is 6. The maximum atomic E-state index is 11.3. The Morgan fingerprint density at radius 1 is 1.24 bits per heavy atom. The van der Waals surface area contributed by atoms with Crippen LogP contribution in [-0.4, -0.2) is 27.0 Å². The van der Waals surface area contributed by atoms with Crippen molar-refractivity contribution < 1.29 is 4.74 Å². The first-order valence-corrected chi connectivity index (χ1v) is 7.63. The number of thioether (sulfide) groups is 1. The van der Waals surface area contributed by atoms with Gasteiger partial charge in [-0.3, -0.25) is 4.79 Å².